The monoisotopic (exact) mass is 361 g/mol. The van der Waals surface area contributed by atoms with Crippen molar-refractivity contribution < 1.29 is 18.4 Å². The van der Waals surface area contributed by atoms with Crippen molar-refractivity contribution in [3.05, 3.63) is 65.7 Å². The smallest absolute Gasteiger partial charge is 0.243 e. The number of hydrogen-bond donors (Lipinski definition) is 2. The van der Waals surface area contributed by atoms with E-state index in [1.54, 1.807) is 0 Å². The second kappa shape index (κ2) is 9.62. The van der Waals surface area contributed by atoms with E-state index in [4.69, 9.17) is 0 Å². The van der Waals surface area contributed by atoms with Gasteiger partial charge in [0.1, 0.15) is 0 Å². The highest BCUT2D eigenvalue weighted by molar-refractivity contribution is 5.94. The Morgan fingerprint density at radius 2 is 1.73 bits per heavy atom. The lowest BCUT2D eigenvalue weighted by Gasteiger charge is -2.19. The van der Waals surface area contributed by atoms with Gasteiger partial charge in [-0.2, -0.15) is 0 Å². The van der Waals surface area contributed by atoms with E-state index >= 15 is 0 Å². The number of rotatable bonds is 8. The topological polar surface area (TPSA) is 61.4 Å². The summed E-state index contributed by atoms with van der Waals surface area (Å²) in [6, 6.07) is 12.8. The molecule has 0 unspecified atom stereocenters. The summed E-state index contributed by atoms with van der Waals surface area (Å²) in [6.07, 6.45) is 0. The Morgan fingerprint density at radius 3 is 2.38 bits per heavy atom. The molecular weight excluding hydrogens is 340 g/mol. The van der Waals surface area contributed by atoms with E-state index in [9.17, 15) is 18.4 Å². The van der Waals surface area contributed by atoms with Gasteiger partial charge in [-0.1, -0.05) is 37.3 Å². The zero-order valence-electron chi connectivity index (χ0n) is 14.5. The maximum Gasteiger partial charge on any atom is 0.243 e. The van der Waals surface area contributed by atoms with Crippen LogP contribution in [0.2, 0.25) is 0 Å². The number of nitrogens with one attached hydrogen (secondary N) is 2. The molecule has 26 heavy (non-hydrogen) atoms. The van der Waals surface area contributed by atoms with Gasteiger partial charge in [0.05, 0.1) is 13.1 Å². The van der Waals surface area contributed by atoms with Crippen LogP contribution in [0.1, 0.15) is 12.5 Å². The average Bonchev–Trinajstić information content (AvgIpc) is 2.63. The Bertz CT molecular complexity index is 754. The summed E-state index contributed by atoms with van der Waals surface area (Å²) in [6.45, 7) is 3.17. The molecule has 0 heterocycles. The number of carbonyl (C=O) groups excluding carboxylic acids is 2. The molecule has 138 valence electrons. The molecule has 0 saturated heterocycles. The molecule has 2 aromatic carbocycles. The van der Waals surface area contributed by atoms with E-state index < -0.39 is 17.5 Å². The lowest BCUT2D eigenvalue weighted by atomic mass is 10.2. The molecule has 0 spiro atoms. The molecule has 0 aliphatic heterocycles. The van der Waals surface area contributed by atoms with E-state index in [2.05, 4.69) is 10.6 Å². The molecule has 0 bridgehead atoms. The van der Waals surface area contributed by atoms with Gasteiger partial charge in [0.25, 0.3) is 0 Å². The summed E-state index contributed by atoms with van der Waals surface area (Å²) < 4.78 is 26.0. The van der Waals surface area contributed by atoms with Crippen molar-refractivity contribution in [3.8, 4) is 0 Å². The van der Waals surface area contributed by atoms with Crippen LogP contribution >= 0.6 is 0 Å². The van der Waals surface area contributed by atoms with Crippen molar-refractivity contribution in [1.29, 1.82) is 0 Å². The minimum Gasteiger partial charge on any atom is -0.346 e. The molecule has 0 fully saturated rings. The number of carbonyl (C=O) groups is 2. The van der Waals surface area contributed by atoms with Gasteiger partial charge in [-0.25, -0.2) is 8.78 Å². The van der Waals surface area contributed by atoms with Crippen molar-refractivity contribution in [3.63, 3.8) is 0 Å². The Morgan fingerprint density at radius 1 is 1.00 bits per heavy atom. The summed E-state index contributed by atoms with van der Waals surface area (Å²) in [7, 11) is 0. The number of anilines is 1. The summed E-state index contributed by atoms with van der Waals surface area (Å²) in [5, 5.41) is 4.92. The minimum atomic E-state index is -1.05. The van der Waals surface area contributed by atoms with E-state index in [1.807, 2.05) is 42.2 Å². The van der Waals surface area contributed by atoms with Crippen molar-refractivity contribution >= 4 is 17.5 Å². The summed E-state index contributed by atoms with van der Waals surface area (Å²) >= 11 is 0. The second-order valence-electron chi connectivity index (χ2n) is 5.74. The summed E-state index contributed by atoms with van der Waals surface area (Å²) in [5.41, 5.74) is 1.22. The number of hydrogen-bond acceptors (Lipinski definition) is 3. The largest absolute Gasteiger partial charge is 0.346 e. The number of benzene rings is 2. The van der Waals surface area contributed by atoms with Crippen LogP contribution in [0, 0.1) is 11.6 Å². The number of halogens is 2. The van der Waals surface area contributed by atoms with Crippen LogP contribution in [0.15, 0.2) is 48.5 Å². The van der Waals surface area contributed by atoms with Gasteiger partial charge >= 0.3 is 0 Å². The molecule has 5 nitrogen and oxygen atoms in total. The Kier molecular flexibility index (Phi) is 7.23. The quantitative estimate of drug-likeness (QED) is 0.760. The maximum atomic E-state index is 13.1. The molecule has 0 radical (unpaired) electrons. The van der Waals surface area contributed by atoms with E-state index in [1.165, 1.54) is 6.07 Å². The van der Waals surface area contributed by atoms with E-state index in [0.717, 1.165) is 17.7 Å². The Labute approximate surface area is 151 Å². The predicted octanol–water partition coefficient (Wildman–Crippen LogP) is 2.54. The zero-order valence-corrected chi connectivity index (χ0v) is 14.5. The molecule has 0 aromatic heterocycles. The SMILES string of the molecule is CCN(CC(=O)NCC(=O)Nc1ccc(F)c(F)c1)Cc1ccccc1. The molecule has 2 N–H and O–H groups in total. The summed E-state index contributed by atoms with van der Waals surface area (Å²) in [5.74, 6) is -2.85. The molecule has 2 amide bonds. The molecule has 0 saturated carbocycles. The normalized spacial score (nSPS) is 10.6. The van der Waals surface area contributed by atoms with Gasteiger partial charge in [-0.05, 0) is 24.2 Å². The highest BCUT2D eigenvalue weighted by Crippen LogP contribution is 2.12. The molecule has 0 aliphatic rings. The number of amides is 2. The van der Waals surface area contributed by atoms with Crippen LogP contribution in [0.4, 0.5) is 14.5 Å². The lowest BCUT2D eigenvalue weighted by Crippen LogP contribution is -2.40. The highest BCUT2D eigenvalue weighted by Gasteiger charge is 2.12. The van der Waals surface area contributed by atoms with Crippen LogP contribution in [0.3, 0.4) is 0 Å². The predicted molar refractivity (Wildman–Crippen MR) is 95.4 cm³/mol. The highest BCUT2D eigenvalue weighted by atomic mass is 19.2. The first-order chi connectivity index (χ1) is 12.5. The van der Waals surface area contributed by atoms with Gasteiger partial charge in [0, 0.05) is 18.3 Å². The van der Waals surface area contributed by atoms with E-state index in [0.29, 0.717) is 13.1 Å². The van der Waals surface area contributed by atoms with E-state index in [-0.39, 0.29) is 24.7 Å². The third-order valence-corrected chi connectivity index (χ3v) is 3.71. The van der Waals surface area contributed by atoms with Crippen LogP contribution < -0.4 is 10.6 Å². The first kappa shape index (κ1) is 19.5. The van der Waals surface area contributed by atoms with Crippen molar-refractivity contribution in [1.82, 2.24) is 10.2 Å². The standard InChI is InChI=1S/C19H21F2N3O2/c1-2-24(12-14-6-4-3-5-7-14)13-19(26)22-11-18(25)23-15-8-9-16(20)17(21)10-15/h3-10H,2,11-13H2,1H3,(H,22,26)(H,23,25). The first-order valence-corrected chi connectivity index (χ1v) is 8.25. The zero-order chi connectivity index (χ0) is 18.9. The van der Waals surface area contributed by atoms with Crippen LogP contribution in [-0.4, -0.2) is 36.3 Å². The fourth-order valence-corrected chi connectivity index (χ4v) is 2.34. The lowest BCUT2D eigenvalue weighted by molar-refractivity contribution is -0.125. The molecule has 2 rings (SSSR count). The fraction of sp³-hybridized carbons (Fsp3) is 0.263. The minimum absolute atomic E-state index is 0.127. The van der Waals surface area contributed by atoms with Gasteiger partial charge in [-0.15, -0.1) is 0 Å². The van der Waals surface area contributed by atoms with Crippen LogP contribution in [-0.2, 0) is 16.1 Å². The van der Waals surface area contributed by atoms with Gasteiger partial charge in [0.15, 0.2) is 11.6 Å². The maximum absolute atomic E-state index is 13.1. The third-order valence-electron chi connectivity index (χ3n) is 3.71. The Hall–Kier alpha value is -2.80. The average molecular weight is 361 g/mol. The molecule has 7 heteroatoms. The molecule has 0 atom stereocenters. The van der Waals surface area contributed by atoms with Crippen molar-refractivity contribution in [2.24, 2.45) is 0 Å². The molecule has 2 aromatic rings. The summed E-state index contributed by atoms with van der Waals surface area (Å²) in [4.78, 5) is 25.8. The van der Waals surface area contributed by atoms with Crippen molar-refractivity contribution in [2.75, 3.05) is 25.0 Å². The van der Waals surface area contributed by atoms with Gasteiger partial charge in [0.2, 0.25) is 11.8 Å². The third kappa shape index (κ3) is 6.25. The number of nitrogens with zero attached hydrogens (tertiary/aromatic N) is 1. The second-order valence-corrected chi connectivity index (χ2v) is 5.74. The first-order valence-electron chi connectivity index (χ1n) is 8.25. The van der Waals surface area contributed by atoms with Crippen molar-refractivity contribution in [2.45, 2.75) is 13.5 Å². The number of likely N-dealkylation sites (N-methyl/N-ethyl adjacent to an activating group) is 1. The van der Waals surface area contributed by atoms with Gasteiger partial charge < -0.3 is 10.6 Å². The van der Waals surface area contributed by atoms with Crippen LogP contribution in [0.5, 0.6) is 0 Å². The van der Waals surface area contributed by atoms with Gasteiger partial charge in [-0.3, -0.25) is 14.5 Å². The Balaban J connectivity index is 1.77. The fourth-order valence-electron chi connectivity index (χ4n) is 2.34. The molecule has 0 aliphatic carbocycles. The molecular formula is C19H21F2N3O2. The van der Waals surface area contributed by atoms with Crippen LogP contribution in [0.25, 0.3) is 0 Å².